The van der Waals surface area contributed by atoms with Crippen molar-refractivity contribution >= 4 is 14.3 Å². The number of fused-ring (bicyclic) bond motifs is 1. The van der Waals surface area contributed by atoms with E-state index in [9.17, 15) is 4.79 Å². The molecule has 1 heterocycles. The maximum absolute atomic E-state index is 12.3. The molecule has 174 valence electrons. The van der Waals surface area contributed by atoms with Crippen LogP contribution in [0.1, 0.15) is 79.1 Å². The fraction of sp³-hybridized carbons (Fsp3) is 0.958. The highest BCUT2D eigenvalue weighted by Gasteiger charge is 2.62. The zero-order chi connectivity index (χ0) is 22.3. The molecule has 0 aromatic heterocycles. The smallest absolute Gasteiger partial charge is 0.305 e. The van der Waals surface area contributed by atoms with E-state index >= 15 is 0 Å². The van der Waals surface area contributed by atoms with Crippen molar-refractivity contribution in [3.05, 3.63) is 0 Å². The van der Waals surface area contributed by atoms with Gasteiger partial charge in [-0.3, -0.25) is 4.79 Å². The predicted molar refractivity (Wildman–Crippen MR) is 121 cm³/mol. The molecule has 30 heavy (non-hydrogen) atoms. The van der Waals surface area contributed by atoms with E-state index in [0.29, 0.717) is 6.42 Å². The average molecular weight is 441 g/mol. The summed E-state index contributed by atoms with van der Waals surface area (Å²) in [6, 6.07) is 0. The monoisotopic (exact) mass is 440 g/mol. The fourth-order valence-electron chi connectivity index (χ4n) is 5.86. The summed E-state index contributed by atoms with van der Waals surface area (Å²) >= 11 is 0. The minimum Gasteiger partial charge on any atom is -0.469 e. The van der Waals surface area contributed by atoms with Crippen LogP contribution >= 0.6 is 0 Å². The Labute approximate surface area is 184 Å². The second-order valence-electron chi connectivity index (χ2n) is 11.8. The first-order chi connectivity index (χ1) is 13.9. The number of carbonyl (C=O) groups excluding carboxylic acids is 1. The van der Waals surface area contributed by atoms with Crippen LogP contribution in [0.4, 0.5) is 0 Å². The van der Waals surface area contributed by atoms with Gasteiger partial charge < -0.3 is 18.6 Å². The molecule has 0 aromatic rings. The minimum absolute atomic E-state index is 0.0644. The average Bonchev–Trinajstić information content (AvgIpc) is 2.67. The van der Waals surface area contributed by atoms with Crippen LogP contribution in [-0.2, 0) is 23.4 Å². The number of hydrogen-bond acceptors (Lipinski definition) is 5. The Balaban J connectivity index is 1.91. The SMILES string of the molecule is COC(=O)CC1CCC[C@]2(CO[Si](C)(C)C(C)(C)C)CCC3(C[C@]12C)OCCCO3. The lowest BCUT2D eigenvalue weighted by molar-refractivity contribution is -0.321. The summed E-state index contributed by atoms with van der Waals surface area (Å²) < 4.78 is 24.5. The summed E-state index contributed by atoms with van der Waals surface area (Å²) in [5.41, 5.74) is -0.00767. The predicted octanol–water partition coefficient (Wildman–Crippen LogP) is 5.68. The van der Waals surface area contributed by atoms with Crippen molar-refractivity contribution in [2.45, 2.75) is 103 Å². The topological polar surface area (TPSA) is 54.0 Å². The van der Waals surface area contributed by atoms with Gasteiger partial charge in [-0.2, -0.15) is 0 Å². The third-order valence-electron chi connectivity index (χ3n) is 9.12. The van der Waals surface area contributed by atoms with Crippen molar-refractivity contribution in [2.75, 3.05) is 26.9 Å². The molecule has 2 saturated carbocycles. The first-order valence-electron chi connectivity index (χ1n) is 11.9. The van der Waals surface area contributed by atoms with Gasteiger partial charge in [0.05, 0.1) is 20.3 Å². The lowest BCUT2D eigenvalue weighted by Crippen LogP contribution is -2.61. The zero-order valence-corrected chi connectivity index (χ0v) is 21.4. The largest absolute Gasteiger partial charge is 0.469 e. The van der Waals surface area contributed by atoms with E-state index in [2.05, 4.69) is 40.8 Å². The number of methoxy groups -OCH3 is 1. The maximum Gasteiger partial charge on any atom is 0.305 e. The summed E-state index contributed by atoms with van der Waals surface area (Å²) in [4.78, 5) is 12.3. The standard InChI is InChI=1S/C24H44O5Si/c1-21(2,3)30(6,7)29-18-23-11-8-10-19(16-20(25)26-5)22(23,4)17-24(13-12-23)27-14-9-15-28-24/h19H,8-18H2,1-7H3/t19?,22-,23-/m1/s1. The molecule has 0 amide bonds. The number of rotatable bonds is 5. The molecule has 0 radical (unpaired) electrons. The molecule has 3 fully saturated rings. The molecule has 3 aliphatic rings. The molecule has 3 rings (SSSR count). The number of ether oxygens (including phenoxy) is 3. The van der Waals surface area contributed by atoms with E-state index < -0.39 is 14.1 Å². The van der Waals surface area contributed by atoms with Crippen LogP contribution in [0.2, 0.25) is 18.1 Å². The third kappa shape index (κ3) is 4.39. The van der Waals surface area contributed by atoms with Crippen molar-refractivity contribution in [2.24, 2.45) is 16.7 Å². The second kappa shape index (κ2) is 8.49. The van der Waals surface area contributed by atoms with Crippen molar-refractivity contribution in [1.29, 1.82) is 0 Å². The van der Waals surface area contributed by atoms with E-state index in [4.69, 9.17) is 18.6 Å². The Bertz CT molecular complexity index is 622. The van der Waals surface area contributed by atoms with Crippen molar-refractivity contribution in [3.63, 3.8) is 0 Å². The van der Waals surface area contributed by atoms with Gasteiger partial charge in [0.15, 0.2) is 14.1 Å². The lowest BCUT2D eigenvalue weighted by Gasteiger charge is -2.63. The molecule has 1 saturated heterocycles. The first kappa shape index (κ1) is 24.2. The summed E-state index contributed by atoms with van der Waals surface area (Å²) in [5, 5.41) is 0.186. The van der Waals surface area contributed by atoms with Crippen LogP contribution < -0.4 is 0 Å². The molecule has 2 aliphatic carbocycles. The van der Waals surface area contributed by atoms with Crippen molar-refractivity contribution < 1.29 is 23.4 Å². The highest BCUT2D eigenvalue weighted by molar-refractivity contribution is 6.74. The van der Waals surface area contributed by atoms with Gasteiger partial charge in [-0.25, -0.2) is 0 Å². The highest BCUT2D eigenvalue weighted by Crippen LogP contribution is 2.65. The van der Waals surface area contributed by atoms with E-state index in [1.807, 2.05) is 0 Å². The van der Waals surface area contributed by atoms with Crippen LogP contribution in [0.3, 0.4) is 0 Å². The fourth-order valence-corrected chi connectivity index (χ4v) is 6.93. The number of hydrogen-bond donors (Lipinski definition) is 0. The zero-order valence-electron chi connectivity index (χ0n) is 20.4. The van der Waals surface area contributed by atoms with Crippen LogP contribution in [0, 0.1) is 16.7 Å². The Morgan fingerprint density at radius 3 is 2.37 bits per heavy atom. The highest BCUT2D eigenvalue weighted by atomic mass is 28.4. The molecule has 0 aromatic carbocycles. The third-order valence-corrected chi connectivity index (χ3v) is 13.6. The molecule has 6 heteroatoms. The molecule has 1 spiro atoms. The molecule has 5 nitrogen and oxygen atoms in total. The van der Waals surface area contributed by atoms with Crippen molar-refractivity contribution in [3.8, 4) is 0 Å². The van der Waals surface area contributed by atoms with E-state index in [1.165, 1.54) is 7.11 Å². The van der Waals surface area contributed by atoms with E-state index in [0.717, 1.165) is 64.8 Å². The van der Waals surface area contributed by atoms with E-state index in [1.54, 1.807) is 0 Å². The van der Waals surface area contributed by atoms with Gasteiger partial charge in [0, 0.05) is 25.9 Å². The molecule has 0 N–H and O–H groups in total. The summed E-state index contributed by atoms with van der Waals surface area (Å²) in [7, 11) is -0.369. The molecule has 3 atom stereocenters. The quantitative estimate of drug-likeness (QED) is 0.406. The molecular weight excluding hydrogens is 396 g/mol. The maximum atomic E-state index is 12.3. The summed E-state index contributed by atoms with van der Waals surface area (Å²) in [5.74, 6) is -0.320. The Morgan fingerprint density at radius 1 is 1.10 bits per heavy atom. The van der Waals surface area contributed by atoms with Crippen LogP contribution in [0.25, 0.3) is 0 Å². The van der Waals surface area contributed by atoms with Crippen molar-refractivity contribution in [1.82, 2.24) is 0 Å². The molecule has 1 unspecified atom stereocenters. The van der Waals surface area contributed by atoms with Gasteiger partial charge in [0.2, 0.25) is 0 Å². The normalized spacial score (nSPS) is 34.4. The Morgan fingerprint density at radius 2 is 1.77 bits per heavy atom. The summed E-state index contributed by atoms with van der Waals surface area (Å²) in [6.07, 6.45) is 7.61. The van der Waals surface area contributed by atoms with Gasteiger partial charge in [-0.15, -0.1) is 0 Å². The van der Waals surface area contributed by atoms with Gasteiger partial charge >= 0.3 is 5.97 Å². The van der Waals surface area contributed by atoms with Gasteiger partial charge in [-0.1, -0.05) is 34.1 Å². The first-order valence-corrected chi connectivity index (χ1v) is 14.8. The summed E-state index contributed by atoms with van der Waals surface area (Å²) in [6.45, 7) is 16.3. The van der Waals surface area contributed by atoms with Gasteiger partial charge in [0.25, 0.3) is 0 Å². The molecule has 0 bridgehead atoms. The lowest BCUT2D eigenvalue weighted by atomic mass is 9.46. The minimum atomic E-state index is -1.87. The van der Waals surface area contributed by atoms with Crippen LogP contribution in [0.15, 0.2) is 0 Å². The second-order valence-corrected chi connectivity index (χ2v) is 16.6. The Kier molecular flexibility index (Phi) is 6.85. The Hall–Kier alpha value is -0.433. The van der Waals surface area contributed by atoms with Crippen LogP contribution in [0.5, 0.6) is 0 Å². The van der Waals surface area contributed by atoms with Gasteiger partial charge in [0.1, 0.15) is 0 Å². The van der Waals surface area contributed by atoms with Gasteiger partial charge in [-0.05, 0) is 60.6 Å². The van der Waals surface area contributed by atoms with Crippen LogP contribution in [-0.4, -0.2) is 47.0 Å². The van der Waals surface area contributed by atoms with E-state index in [-0.39, 0.29) is 27.8 Å². The molecule has 1 aliphatic heterocycles. The number of carbonyl (C=O) groups is 1. The number of esters is 1. The molecular formula is C24H44O5Si.